The molecule has 0 atom stereocenters. The number of carbonyl (C=O) groups is 2. The Morgan fingerprint density at radius 3 is 2.32 bits per heavy atom. The maximum atomic E-state index is 12.6. The van der Waals surface area contributed by atoms with Gasteiger partial charge in [0.25, 0.3) is 5.91 Å². The molecule has 154 valence electrons. The quantitative estimate of drug-likeness (QED) is 0.752. The fourth-order valence-corrected chi connectivity index (χ4v) is 4.52. The largest absolute Gasteiger partial charge is 0.352 e. The van der Waals surface area contributed by atoms with Crippen molar-refractivity contribution in [3.8, 4) is 0 Å². The molecular formula is C21H29Cl2N3O2. The van der Waals surface area contributed by atoms with Gasteiger partial charge in [-0.25, -0.2) is 0 Å². The first-order valence-corrected chi connectivity index (χ1v) is 10.8. The summed E-state index contributed by atoms with van der Waals surface area (Å²) in [6, 6.07) is 4.85. The molecule has 1 aromatic rings. The number of hydrogen-bond donors (Lipinski definition) is 1. The molecule has 1 heterocycles. The molecule has 1 saturated heterocycles. The second kappa shape index (κ2) is 9.02. The minimum Gasteiger partial charge on any atom is -0.352 e. The van der Waals surface area contributed by atoms with E-state index in [0.717, 1.165) is 38.8 Å². The van der Waals surface area contributed by atoms with E-state index in [1.54, 1.807) is 18.2 Å². The Kier molecular flexibility index (Phi) is 6.89. The molecular weight excluding hydrogens is 397 g/mol. The standard InChI is InChI=1S/C21H29Cl2N3O2/c1-21(6-3-7-21)25(2)19(27)14-26-8-4-15(5-9-26)13-24-20(28)16-10-17(22)12-18(23)11-16/h10-12,15H,3-9,13-14H2,1-2H3,(H,24,28). The van der Waals surface area contributed by atoms with E-state index in [-0.39, 0.29) is 17.4 Å². The van der Waals surface area contributed by atoms with Crippen molar-refractivity contribution in [3.63, 3.8) is 0 Å². The fraction of sp³-hybridized carbons (Fsp3) is 0.619. The molecule has 0 aromatic heterocycles. The molecule has 1 N–H and O–H groups in total. The molecule has 3 rings (SSSR count). The summed E-state index contributed by atoms with van der Waals surface area (Å²) in [6.45, 7) is 5.07. The number of likely N-dealkylation sites (tertiary alicyclic amines) is 1. The maximum Gasteiger partial charge on any atom is 0.251 e. The van der Waals surface area contributed by atoms with Gasteiger partial charge in [0.05, 0.1) is 6.54 Å². The number of nitrogens with one attached hydrogen (secondary N) is 1. The summed E-state index contributed by atoms with van der Waals surface area (Å²) < 4.78 is 0. The normalized spacial score (nSPS) is 19.7. The summed E-state index contributed by atoms with van der Waals surface area (Å²) in [7, 11) is 1.94. The second-order valence-electron chi connectivity index (χ2n) is 8.39. The van der Waals surface area contributed by atoms with Crippen molar-refractivity contribution in [1.82, 2.24) is 15.1 Å². The molecule has 0 radical (unpaired) electrons. The Labute approximate surface area is 177 Å². The lowest BCUT2D eigenvalue weighted by atomic mass is 9.77. The predicted molar refractivity (Wildman–Crippen MR) is 113 cm³/mol. The van der Waals surface area contributed by atoms with Crippen molar-refractivity contribution in [3.05, 3.63) is 33.8 Å². The molecule has 2 fully saturated rings. The third-order valence-electron chi connectivity index (χ3n) is 6.36. The van der Waals surface area contributed by atoms with Gasteiger partial charge >= 0.3 is 0 Å². The van der Waals surface area contributed by atoms with E-state index in [4.69, 9.17) is 23.2 Å². The molecule has 2 aliphatic rings. The number of halogens is 2. The highest BCUT2D eigenvalue weighted by Gasteiger charge is 2.38. The van der Waals surface area contributed by atoms with Gasteiger partial charge in [-0.1, -0.05) is 23.2 Å². The van der Waals surface area contributed by atoms with Gasteiger partial charge in [-0.15, -0.1) is 0 Å². The van der Waals surface area contributed by atoms with Gasteiger partial charge in [-0.3, -0.25) is 14.5 Å². The third-order valence-corrected chi connectivity index (χ3v) is 6.79. The number of benzene rings is 1. The second-order valence-corrected chi connectivity index (χ2v) is 9.26. The van der Waals surface area contributed by atoms with Gasteiger partial charge in [0.2, 0.25) is 5.91 Å². The van der Waals surface area contributed by atoms with Crippen LogP contribution in [0.15, 0.2) is 18.2 Å². The first-order valence-electron chi connectivity index (χ1n) is 10.0. The molecule has 1 saturated carbocycles. The van der Waals surface area contributed by atoms with Gasteiger partial charge < -0.3 is 10.2 Å². The Hall–Kier alpha value is -1.30. The highest BCUT2D eigenvalue weighted by molar-refractivity contribution is 6.35. The molecule has 0 unspecified atom stereocenters. The van der Waals surface area contributed by atoms with Crippen molar-refractivity contribution >= 4 is 35.0 Å². The Balaban J connectivity index is 1.40. The summed E-state index contributed by atoms with van der Waals surface area (Å²) in [4.78, 5) is 29.1. The number of likely N-dealkylation sites (N-methyl/N-ethyl adjacent to an activating group) is 1. The lowest BCUT2D eigenvalue weighted by molar-refractivity contribution is -0.139. The van der Waals surface area contributed by atoms with Crippen LogP contribution in [-0.2, 0) is 4.79 Å². The topological polar surface area (TPSA) is 52.7 Å². The zero-order chi connectivity index (χ0) is 20.3. The lowest BCUT2D eigenvalue weighted by Gasteiger charge is -2.46. The van der Waals surface area contributed by atoms with E-state index < -0.39 is 0 Å². The first kappa shape index (κ1) is 21.4. The van der Waals surface area contributed by atoms with Crippen LogP contribution in [0.1, 0.15) is 49.4 Å². The summed E-state index contributed by atoms with van der Waals surface area (Å²) in [6.07, 6.45) is 5.38. The van der Waals surface area contributed by atoms with Crippen LogP contribution in [-0.4, -0.2) is 60.4 Å². The lowest BCUT2D eigenvalue weighted by Crippen LogP contribution is -2.55. The van der Waals surface area contributed by atoms with Crippen LogP contribution in [0.25, 0.3) is 0 Å². The molecule has 7 heteroatoms. The minimum atomic E-state index is -0.155. The van der Waals surface area contributed by atoms with Crippen molar-refractivity contribution in [2.75, 3.05) is 33.2 Å². The third kappa shape index (κ3) is 5.19. The van der Waals surface area contributed by atoms with Crippen molar-refractivity contribution < 1.29 is 9.59 Å². The highest BCUT2D eigenvalue weighted by atomic mass is 35.5. The van der Waals surface area contributed by atoms with Gasteiger partial charge in [-0.2, -0.15) is 0 Å². The summed E-state index contributed by atoms with van der Waals surface area (Å²) in [5, 5.41) is 3.89. The fourth-order valence-electron chi connectivity index (χ4n) is 3.99. The van der Waals surface area contributed by atoms with Crippen LogP contribution in [0.2, 0.25) is 10.0 Å². The Morgan fingerprint density at radius 1 is 1.18 bits per heavy atom. The number of piperidine rings is 1. The molecule has 28 heavy (non-hydrogen) atoms. The number of hydrogen-bond acceptors (Lipinski definition) is 3. The van der Waals surface area contributed by atoms with Crippen molar-refractivity contribution in [1.29, 1.82) is 0 Å². The maximum absolute atomic E-state index is 12.6. The van der Waals surface area contributed by atoms with Crippen molar-refractivity contribution in [2.45, 2.75) is 44.6 Å². The predicted octanol–water partition coefficient (Wildman–Crippen LogP) is 3.84. The number of carbonyl (C=O) groups excluding carboxylic acids is 2. The number of rotatable bonds is 6. The van der Waals surface area contributed by atoms with Gasteiger partial charge in [-0.05, 0) is 76.2 Å². The Morgan fingerprint density at radius 2 is 1.79 bits per heavy atom. The Bertz CT molecular complexity index is 708. The van der Waals surface area contributed by atoms with Crippen LogP contribution < -0.4 is 5.32 Å². The SMILES string of the molecule is CN(C(=O)CN1CCC(CNC(=O)c2cc(Cl)cc(Cl)c2)CC1)C1(C)CCC1. The van der Waals surface area contributed by atoms with Gasteiger partial charge in [0.1, 0.15) is 0 Å². The average Bonchev–Trinajstić information content (AvgIpc) is 2.63. The first-order chi connectivity index (χ1) is 13.3. The van der Waals surface area contributed by atoms with E-state index in [0.29, 0.717) is 34.6 Å². The monoisotopic (exact) mass is 425 g/mol. The van der Waals surface area contributed by atoms with E-state index in [1.165, 1.54) is 6.42 Å². The number of nitrogens with zero attached hydrogens (tertiary/aromatic N) is 2. The molecule has 1 aromatic carbocycles. The highest BCUT2D eigenvalue weighted by Crippen LogP contribution is 2.36. The van der Waals surface area contributed by atoms with E-state index in [2.05, 4.69) is 17.1 Å². The van der Waals surface area contributed by atoms with Crippen LogP contribution in [0.5, 0.6) is 0 Å². The molecule has 0 spiro atoms. The summed E-state index contributed by atoms with van der Waals surface area (Å²) in [5.41, 5.74) is 0.538. The van der Waals surface area contributed by atoms with Crippen LogP contribution in [0.4, 0.5) is 0 Å². The summed E-state index contributed by atoms with van der Waals surface area (Å²) >= 11 is 11.9. The van der Waals surface area contributed by atoms with Gasteiger partial charge in [0.15, 0.2) is 0 Å². The molecule has 1 aliphatic carbocycles. The average molecular weight is 426 g/mol. The number of amides is 2. The van der Waals surface area contributed by atoms with Crippen LogP contribution in [0.3, 0.4) is 0 Å². The molecule has 0 bridgehead atoms. The molecule has 1 aliphatic heterocycles. The van der Waals surface area contributed by atoms with Crippen molar-refractivity contribution in [2.24, 2.45) is 5.92 Å². The zero-order valence-electron chi connectivity index (χ0n) is 16.6. The zero-order valence-corrected chi connectivity index (χ0v) is 18.2. The summed E-state index contributed by atoms with van der Waals surface area (Å²) in [5.74, 6) is 0.482. The van der Waals surface area contributed by atoms with E-state index >= 15 is 0 Å². The molecule has 2 amide bonds. The van der Waals surface area contributed by atoms with E-state index in [1.807, 2.05) is 11.9 Å². The van der Waals surface area contributed by atoms with Gasteiger partial charge in [0, 0.05) is 34.7 Å². The van der Waals surface area contributed by atoms with E-state index in [9.17, 15) is 9.59 Å². The smallest absolute Gasteiger partial charge is 0.251 e. The molecule has 5 nitrogen and oxygen atoms in total. The minimum absolute atomic E-state index is 0.0585. The van der Waals surface area contributed by atoms with Crippen LogP contribution in [0, 0.1) is 5.92 Å². The van der Waals surface area contributed by atoms with Crippen LogP contribution >= 0.6 is 23.2 Å².